The molecule has 2 fully saturated rings. The summed E-state index contributed by atoms with van der Waals surface area (Å²) in [6, 6.07) is 0.678. The molecule has 148 valence electrons. The van der Waals surface area contributed by atoms with E-state index >= 15 is 0 Å². The molecule has 1 saturated carbocycles. The number of carbonyl (C=O) groups is 1. The van der Waals surface area contributed by atoms with Crippen molar-refractivity contribution in [2.24, 2.45) is 5.92 Å². The molecule has 0 aromatic carbocycles. The SMILES string of the molecule is C=CC(=O)CC1CCCCC1Nc1nc(N[C@H]2CCCN(C)C2)ncc1C. The molecule has 6 heteroatoms. The van der Waals surface area contributed by atoms with Crippen molar-refractivity contribution in [1.82, 2.24) is 14.9 Å². The standard InChI is InChI=1S/C21H33N5O/c1-4-18(27)12-16-8-5-6-10-19(16)24-20-15(2)13-22-21(25-20)23-17-9-7-11-26(3)14-17/h4,13,16-17,19H,1,5-12,14H2,2-3H3,(H2,22,23,24,25)/t16?,17-,19?/m0/s1. The average Bonchev–Trinajstić information content (AvgIpc) is 2.66. The topological polar surface area (TPSA) is 70.2 Å². The molecule has 2 unspecified atom stereocenters. The molecule has 0 amide bonds. The predicted molar refractivity (Wildman–Crippen MR) is 110 cm³/mol. The van der Waals surface area contributed by atoms with Crippen LogP contribution in [0.2, 0.25) is 0 Å². The van der Waals surface area contributed by atoms with Crippen LogP contribution in [0.3, 0.4) is 0 Å². The van der Waals surface area contributed by atoms with E-state index in [1.54, 1.807) is 0 Å². The highest BCUT2D eigenvalue weighted by molar-refractivity contribution is 5.89. The zero-order chi connectivity index (χ0) is 19.2. The molecule has 1 aliphatic carbocycles. The van der Waals surface area contributed by atoms with Gasteiger partial charge in [0.15, 0.2) is 5.78 Å². The summed E-state index contributed by atoms with van der Waals surface area (Å²) in [5.74, 6) is 2.07. The maximum Gasteiger partial charge on any atom is 0.224 e. The first-order valence-corrected chi connectivity index (χ1v) is 10.3. The number of rotatable bonds is 7. The smallest absolute Gasteiger partial charge is 0.224 e. The van der Waals surface area contributed by atoms with Crippen molar-refractivity contribution in [3.05, 3.63) is 24.4 Å². The Morgan fingerprint density at radius 3 is 2.89 bits per heavy atom. The van der Waals surface area contributed by atoms with Crippen LogP contribution in [0, 0.1) is 12.8 Å². The van der Waals surface area contributed by atoms with Gasteiger partial charge < -0.3 is 15.5 Å². The van der Waals surface area contributed by atoms with Gasteiger partial charge in [0.05, 0.1) is 0 Å². The van der Waals surface area contributed by atoms with Crippen LogP contribution in [-0.2, 0) is 4.79 Å². The summed E-state index contributed by atoms with van der Waals surface area (Å²) in [7, 11) is 2.16. The Hall–Kier alpha value is -1.95. The van der Waals surface area contributed by atoms with Crippen molar-refractivity contribution >= 4 is 17.5 Å². The third-order valence-electron chi connectivity index (χ3n) is 5.85. The van der Waals surface area contributed by atoms with E-state index < -0.39 is 0 Å². The summed E-state index contributed by atoms with van der Waals surface area (Å²) < 4.78 is 0. The summed E-state index contributed by atoms with van der Waals surface area (Å²) in [6.07, 6.45) is 10.8. The molecule has 27 heavy (non-hydrogen) atoms. The van der Waals surface area contributed by atoms with Crippen LogP contribution in [0.1, 0.15) is 50.5 Å². The summed E-state index contributed by atoms with van der Waals surface area (Å²) in [6.45, 7) is 7.84. The first kappa shape index (κ1) is 19.8. The number of hydrogen-bond donors (Lipinski definition) is 2. The van der Waals surface area contributed by atoms with Gasteiger partial charge in [-0.3, -0.25) is 4.79 Å². The maximum absolute atomic E-state index is 11.9. The molecule has 0 spiro atoms. The number of nitrogens with one attached hydrogen (secondary N) is 2. The number of nitrogens with zero attached hydrogens (tertiary/aromatic N) is 3. The van der Waals surface area contributed by atoms with E-state index in [-0.39, 0.29) is 11.8 Å². The van der Waals surface area contributed by atoms with Gasteiger partial charge in [-0.1, -0.05) is 19.4 Å². The lowest BCUT2D eigenvalue weighted by molar-refractivity contribution is -0.115. The lowest BCUT2D eigenvalue weighted by atomic mass is 9.81. The average molecular weight is 372 g/mol. The Balaban J connectivity index is 1.67. The van der Waals surface area contributed by atoms with Gasteiger partial charge in [0.1, 0.15) is 5.82 Å². The number of ketones is 1. The Bertz CT molecular complexity index is 662. The molecular weight excluding hydrogens is 338 g/mol. The largest absolute Gasteiger partial charge is 0.367 e. The summed E-state index contributed by atoms with van der Waals surface area (Å²) >= 11 is 0. The Kier molecular flexibility index (Phi) is 6.83. The first-order valence-electron chi connectivity index (χ1n) is 10.3. The lowest BCUT2D eigenvalue weighted by Crippen LogP contribution is -2.40. The molecule has 6 nitrogen and oxygen atoms in total. The number of anilines is 2. The number of aryl methyl sites for hydroxylation is 1. The fourth-order valence-corrected chi connectivity index (χ4v) is 4.28. The molecule has 1 aromatic rings. The van der Waals surface area contributed by atoms with Gasteiger partial charge in [-0.15, -0.1) is 0 Å². The van der Waals surface area contributed by atoms with E-state index in [2.05, 4.69) is 34.1 Å². The van der Waals surface area contributed by atoms with Crippen LogP contribution in [0.25, 0.3) is 0 Å². The third-order valence-corrected chi connectivity index (χ3v) is 5.85. The predicted octanol–water partition coefficient (Wildman–Crippen LogP) is 3.41. The highest BCUT2D eigenvalue weighted by Gasteiger charge is 2.27. The fourth-order valence-electron chi connectivity index (χ4n) is 4.28. The molecule has 1 aliphatic heterocycles. The minimum Gasteiger partial charge on any atom is -0.367 e. The molecule has 0 radical (unpaired) electrons. The van der Waals surface area contributed by atoms with Gasteiger partial charge >= 0.3 is 0 Å². The van der Waals surface area contributed by atoms with Crippen molar-refractivity contribution in [2.45, 2.75) is 64.0 Å². The summed E-state index contributed by atoms with van der Waals surface area (Å²) in [5, 5.41) is 7.12. The van der Waals surface area contributed by atoms with E-state index in [4.69, 9.17) is 4.98 Å². The molecule has 0 bridgehead atoms. The molecular formula is C21H33N5O. The van der Waals surface area contributed by atoms with Crippen LogP contribution in [0.5, 0.6) is 0 Å². The number of carbonyl (C=O) groups excluding carboxylic acids is 1. The zero-order valence-corrected chi connectivity index (χ0v) is 16.7. The van der Waals surface area contributed by atoms with Crippen LogP contribution in [-0.4, -0.2) is 52.9 Å². The second-order valence-electron chi connectivity index (χ2n) is 8.14. The lowest BCUT2D eigenvalue weighted by Gasteiger charge is -2.33. The second kappa shape index (κ2) is 9.31. The fraction of sp³-hybridized carbons (Fsp3) is 0.667. The monoisotopic (exact) mass is 371 g/mol. The number of aromatic nitrogens is 2. The van der Waals surface area contributed by atoms with E-state index in [0.29, 0.717) is 24.3 Å². The van der Waals surface area contributed by atoms with Crippen molar-refractivity contribution in [3.63, 3.8) is 0 Å². The molecule has 3 atom stereocenters. The van der Waals surface area contributed by atoms with Gasteiger partial charge in [0.25, 0.3) is 0 Å². The Morgan fingerprint density at radius 1 is 1.30 bits per heavy atom. The van der Waals surface area contributed by atoms with Gasteiger partial charge in [0.2, 0.25) is 5.95 Å². The maximum atomic E-state index is 11.9. The van der Waals surface area contributed by atoms with E-state index in [9.17, 15) is 4.79 Å². The molecule has 1 aromatic heterocycles. The van der Waals surface area contributed by atoms with Crippen LogP contribution < -0.4 is 10.6 Å². The molecule has 2 N–H and O–H groups in total. The summed E-state index contributed by atoms with van der Waals surface area (Å²) in [4.78, 5) is 23.5. The van der Waals surface area contributed by atoms with E-state index in [0.717, 1.165) is 43.7 Å². The quantitative estimate of drug-likeness (QED) is 0.716. The minimum atomic E-state index is 0.136. The zero-order valence-electron chi connectivity index (χ0n) is 16.7. The Morgan fingerprint density at radius 2 is 2.11 bits per heavy atom. The van der Waals surface area contributed by atoms with Crippen molar-refractivity contribution in [3.8, 4) is 0 Å². The highest BCUT2D eigenvalue weighted by Crippen LogP contribution is 2.30. The number of likely N-dealkylation sites (N-methyl/N-ethyl adjacent to an activating group) is 1. The van der Waals surface area contributed by atoms with Crippen LogP contribution in [0.4, 0.5) is 11.8 Å². The molecule has 1 saturated heterocycles. The van der Waals surface area contributed by atoms with Gasteiger partial charge in [0, 0.05) is 36.8 Å². The third kappa shape index (κ3) is 5.51. The normalized spacial score (nSPS) is 26.4. The molecule has 2 aliphatic rings. The van der Waals surface area contributed by atoms with Gasteiger partial charge in [-0.2, -0.15) is 4.98 Å². The number of allylic oxidation sites excluding steroid dienone is 1. The van der Waals surface area contributed by atoms with Crippen LogP contribution >= 0.6 is 0 Å². The minimum absolute atomic E-state index is 0.136. The van der Waals surface area contributed by atoms with E-state index in [1.165, 1.54) is 25.3 Å². The number of likely N-dealkylation sites (tertiary alicyclic amines) is 1. The van der Waals surface area contributed by atoms with Crippen molar-refractivity contribution in [1.29, 1.82) is 0 Å². The second-order valence-corrected chi connectivity index (χ2v) is 8.14. The van der Waals surface area contributed by atoms with Crippen molar-refractivity contribution < 1.29 is 4.79 Å². The van der Waals surface area contributed by atoms with Crippen molar-refractivity contribution in [2.75, 3.05) is 30.8 Å². The van der Waals surface area contributed by atoms with E-state index in [1.807, 2.05) is 13.1 Å². The first-order chi connectivity index (χ1) is 13.0. The molecule has 2 heterocycles. The highest BCUT2D eigenvalue weighted by atomic mass is 16.1. The molecule has 3 rings (SSSR count). The summed E-state index contributed by atoms with van der Waals surface area (Å²) in [5.41, 5.74) is 1.04. The van der Waals surface area contributed by atoms with Gasteiger partial charge in [-0.25, -0.2) is 4.98 Å². The van der Waals surface area contributed by atoms with Crippen LogP contribution in [0.15, 0.2) is 18.9 Å². The van der Waals surface area contributed by atoms with Gasteiger partial charge in [-0.05, 0) is 58.2 Å². The number of hydrogen-bond acceptors (Lipinski definition) is 6. The number of piperidine rings is 1. The Labute approximate surface area is 162 Å².